The zero-order valence-corrected chi connectivity index (χ0v) is 12.8. The van der Waals surface area contributed by atoms with Crippen LogP contribution in [0.1, 0.15) is 33.8 Å². The molecule has 0 radical (unpaired) electrons. The van der Waals surface area contributed by atoms with Crippen molar-refractivity contribution in [2.75, 3.05) is 20.1 Å². The summed E-state index contributed by atoms with van der Waals surface area (Å²) in [6.07, 6.45) is 2.63. The molecule has 3 N–H and O–H groups in total. The Morgan fingerprint density at radius 1 is 1.48 bits per heavy atom. The molecule has 0 aromatic carbocycles. The summed E-state index contributed by atoms with van der Waals surface area (Å²) >= 11 is 1.34. The molecule has 2 rings (SSSR count). The summed E-state index contributed by atoms with van der Waals surface area (Å²) in [6, 6.07) is 3.22. The molecular weight excluding hydrogens is 286 g/mol. The summed E-state index contributed by atoms with van der Waals surface area (Å²) in [6.45, 7) is 0.921. The number of rotatable bonds is 2. The van der Waals surface area contributed by atoms with Crippen LogP contribution < -0.4 is 11.1 Å². The molecule has 1 unspecified atom stereocenters. The second kappa shape index (κ2) is 7.25. The van der Waals surface area contributed by atoms with Crippen molar-refractivity contribution in [3.8, 4) is 11.8 Å². The number of nitrogens with one attached hydrogen (secondary N) is 1. The summed E-state index contributed by atoms with van der Waals surface area (Å²) in [5, 5.41) is 2.64. The summed E-state index contributed by atoms with van der Waals surface area (Å²) < 4.78 is 0. The highest BCUT2D eigenvalue weighted by molar-refractivity contribution is 7.14. The number of piperidine rings is 1. The van der Waals surface area contributed by atoms with E-state index in [0.29, 0.717) is 18.0 Å². The Labute approximate surface area is 128 Å². The number of thiophene rings is 1. The number of hydrogen-bond donors (Lipinski definition) is 2. The monoisotopic (exact) mass is 305 g/mol. The zero-order chi connectivity index (χ0) is 15.2. The van der Waals surface area contributed by atoms with Crippen molar-refractivity contribution in [3.05, 3.63) is 21.9 Å². The number of amides is 2. The molecule has 1 aliphatic heterocycles. The van der Waals surface area contributed by atoms with Gasteiger partial charge < -0.3 is 16.0 Å². The van der Waals surface area contributed by atoms with Crippen LogP contribution in [0, 0.1) is 11.8 Å². The van der Waals surface area contributed by atoms with Crippen molar-refractivity contribution in [3.63, 3.8) is 0 Å². The Hall–Kier alpha value is -1.84. The zero-order valence-electron chi connectivity index (χ0n) is 12.0. The average Bonchev–Trinajstić information content (AvgIpc) is 3.00. The van der Waals surface area contributed by atoms with Crippen LogP contribution in [-0.2, 0) is 4.79 Å². The van der Waals surface area contributed by atoms with Gasteiger partial charge in [0.2, 0.25) is 5.91 Å². The standard InChI is InChI=1S/C15H19N3O2S/c1-17-14(19)12-6-2-3-10-18(12)15(20)13-8-7-11(21-13)5-4-9-16/h7-8,12H,2-3,6,9-10,16H2,1H3,(H,17,19). The molecule has 1 aromatic rings. The van der Waals surface area contributed by atoms with E-state index in [1.54, 1.807) is 18.0 Å². The topological polar surface area (TPSA) is 75.4 Å². The lowest BCUT2D eigenvalue weighted by Crippen LogP contribution is -2.51. The molecule has 1 atom stereocenters. The molecule has 21 heavy (non-hydrogen) atoms. The van der Waals surface area contributed by atoms with Gasteiger partial charge in [0, 0.05) is 13.6 Å². The highest BCUT2D eigenvalue weighted by Gasteiger charge is 2.32. The molecule has 1 saturated heterocycles. The van der Waals surface area contributed by atoms with Gasteiger partial charge >= 0.3 is 0 Å². The maximum Gasteiger partial charge on any atom is 0.264 e. The maximum atomic E-state index is 12.6. The third-order valence-electron chi connectivity index (χ3n) is 3.44. The first-order chi connectivity index (χ1) is 10.2. The molecule has 1 aliphatic rings. The van der Waals surface area contributed by atoms with Crippen molar-refractivity contribution in [2.24, 2.45) is 5.73 Å². The van der Waals surface area contributed by atoms with Crippen molar-refractivity contribution < 1.29 is 9.59 Å². The van der Waals surface area contributed by atoms with Gasteiger partial charge in [-0.25, -0.2) is 0 Å². The molecule has 0 bridgehead atoms. The van der Waals surface area contributed by atoms with Gasteiger partial charge in [0.1, 0.15) is 6.04 Å². The molecule has 1 aromatic heterocycles. The van der Waals surface area contributed by atoms with E-state index in [1.807, 2.05) is 6.07 Å². The predicted octanol–water partition coefficient (Wildman–Crippen LogP) is 0.799. The quantitative estimate of drug-likeness (QED) is 0.794. The van der Waals surface area contributed by atoms with Gasteiger partial charge in [0.25, 0.3) is 5.91 Å². The Morgan fingerprint density at radius 2 is 2.29 bits per heavy atom. The first-order valence-corrected chi connectivity index (χ1v) is 7.80. The number of carbonyl (C=O) groups is 2. The summed E-state index contributed by atoms with van der Waals surface area (Å²) in [7, 11) is 1.60. The molecule has 112 valence electrons. The van der Waals surface area contributed by atoms with Crippen molar-refractivity contribution in [1.82, 2.24) is 10.2 Å². The minimum Gasteiger partial charge on any atom is -0.357 e. The number of nitrogens with zero attached hydrogens (tertiary/aromatic N) is 1. The van der Waals surface area contributed by atoms with Gasteiger partial charge in [-0.05, 0) is 31.4 Å². The second-order valence-corrected chi connectivity index (χ2v) is 5.88. The van der Waals surface area contributed by atoms with E-state index >= 15 is 0 Å². The van der Waals surface area contributed by atoms with E-state index in [-0.39, 0.29) is 17.9 Å². The molecule has 5 nitrogen and oxygen atoms in total. The van der Waals surface area contributed by atoms with Gasteiger partial charge in [0.05, 0.1) is 16.3 Å². The third kappa shape index (κ3) is 3.63. The molecule has 0 aliphatic carbocycles. The minimum atomic E-state index is -0.364. The van der Waals surface area contributed by atoms with Crippen molar-refractivity contribution in [1.29, 1.82) is 0 Å². The van der Waals surface area contributed by atoms with Crippen LogP contribution in [0.4, 0.5) is 0 Å². The van der Waals surface area contributed by atoms with Crippen LogP contribution in [0.2, 0.25) is 0 Å². The van der Waals surface area contributed by atoms with Crippen LogP contribution in [-0.4, -0.2) is 42.9 Å². The molecule has 0 saturated carbocycles. The Kier molecular flexibility index (Phi) is 5.37. The molecule has 2 amide bonds. The van der Waals surface area contributed by atoms with Crippen LogP contribution in [0.5, 0.6) is 0 Å². The highest BCUT2D eigenvalue weighted by Crippen LogP contribution is 2.23. The van der Waals surface area contributed by atoms with Gasteiger partial charge in [-0.2, -0.15) is 0 Å². The second-order valence-electron chi connectivity index (χ2n) is 4.79. The number of likely N-dealkylation sites (tertiary alicyclic amines) is 1. The van der Waals surface area contributed by atoms with Crippen molar-refractivity contribution in [2.45, 2.75) is 25.3 Å². The van der Waals surface area contributed by atoms with E-state index in [4.69, 9.17) is 5.73 Å². The van der Waals surface area contributed by atoms with E-state index in [1.165, 1.54) is 11.3 Å². The number of nitrogens with two attached hydrogens (primary N) is 1. The van der Waals surface area contributed by atoms with Gasteiger partial charge in [-0.3, -0.25) is 9.59 Å². The fourth-order valence-electron chi connectivity index (χ4n) is 2.41. The van der Waals surface area contributed by atoms with Crippen LogP contribution in [0.3, 0.4) is 0 Å². The highest BCUT2D eigenvalue weighted by atomic mass is 32.1. The lowest BCUT2D eigenvalue weighted by Gasteiger charge is -2.34. The third-order valence-corrected chi connectivity index (χ3v) is 4.43. The van der Waals surface area contributed by atoms with Crippen LogP contribution in [0.15, 0.2) is 12.1 Å². The smallest absolute Gasteiger partial charge is 0.264 e. The normalized spacial score (nSPS) is 17.8. The fraction of sp³-hybridized carbons (Fsp3) is 0.467. The van der Waals surface area contributed by atoms with Gasteiger partial charge in [0.15, 0.2) is 0 Å². The largest absolute Gasteiger partial charge is 0.357 e. The molecular formula is C15H19N3O2S. The van der Waals surface area contributed by atoms with E-state index in [9.17, 15) is 9.59 Å². The van der Waals surface area contributed by atoms with Crippen LogP contribution >= 0.6 is 11.3 Å². The van der Waals surface area contributed by atoms with E-state index in [2.05, 4.69) is 17.2 Å². The van der Waals surface area contributed by atoms with E-state index in [0.717, 1.165) is 24.1 Å². The predicted molar refractivity (Wildman–Crippen MR) is 83.0 cm³/mol. The minimum absolute atomic E-state index is 0.0888. The maximum absolute atomic E-state index is 12.6. The summed E-state index contributed by atoms with van der Waals surface area (Å²) in [4.78, 5) is 27.6. The Balaban J connectivity index is 2.16. The van der Waals surface area contributed by atoms with Gasteiger partial charge in [-0.1, -0.05) is 11.8 Å². The summed E-state index contributed by atoms with van der Waals surface area (Å²) in [5.74, 6) is 5.51. The Bertz CT molecular complexity index is 585. The SMILES string of the molecule is CNC(=O)C1CCCCN1C(=O)c1ccc(C#CCN)s1. The van der Waals surface area contributed by atoms with E-state index < -0.39 is 0 Å². The Morgan fingerprint density at radius 3 is 3.00 bits per heavy atom. The molecule has 1 fully saturated rings. The first kappa shape index (κ1) is 15.5. The number of likely N-dealkylation sites (N-methyl/N-ethyl adjacent to an activating group) is 1. The number of hydrogen-bond acceptors (Lipinski definition) is 4. The lowest BCUT2D eigenvalue weighted by molar-refractivity contribution is -0.126. The molecule has 0 spiro atoms. The lowest BCUT2D eigenvalue weighted by atomic mass is 10.0. The van der Waals surface area contributed by atoms with Gasteiger partial charge in [-0.15, -0.1) is 11.3 Å². The fourth-order valence-corrected chi connectivity index (χ4v) is 3.25. The first-order valence-electron chi connectivity index (χ1n) is 6.98. The average molecular weight is 305 g/mol. The van der Waals surface area contributed by atoms with Crippen LogP contribution in [0.25, 0.3) is 0 Å². The molecule has 6 heteroatoms. The molecule has 2 heterocycles. The number of carbonyl (C=O) groups excluding carboxylic acids is 2. The summed E-state index contributed by atoms with van der Waals surface area (Å²) in [5.41, 5.74) is 5.34. The van der Waals surface area contributed by atoms with Crippen molar-refractivity contribution >= 4 is 23.2 Å².